The number of para-hydroxylation sites is 1. The number of carbonyl (C=O) groups is 1. The lowest BCUT2D eigenvalue weighted by Crippen LogP contribution is -2.30. The Hall–Kier alpha value is -2.54. The quantitative estimate of drug-likeness (QED) is 0.663. The fourth-order valence-electron chi connectivity index (χ4n) is 2.64. The monoisotopic (exact) mass is 394 g/mol. The van der Waals surface area contributed by atoms with E-state index in [0.717, 1.165) is 17.4 Å². The summed E-state index contributed by atoms with van der Waals surface area (Å²) in [6, 6.07) is 12.4. The zero-order chi connectivity index (χ0) is 20.7. The van der Waals surface area contributed by atoms with E-state index in [4.69, 9.17) is 4.74 Å². The van der Waals surface area contributed by atoms with Gasteiger partial charge in [-0.1, -0.05) is 24.3 Å². The highest BCUT2D eigenvalue weighted by Gasteiger charge is 2.33. The molecule has 2 aromatic carbocycles. The van der Waals surface area contributed by atoms with Crippen molar-refractivity contribution in [3.63, 3.8) is 0 Å². The van der Waals surface area contributed by atoms with Gasteiger partial charge in [0.2, 0.25) is 5.91 Å². The minimum absolute atomic E-state index is 0.0563. The largest absolute Gasteiger partial charge is 0.491 e. The minimum atomic E-state index is -4.51. The van der Waals surface area contributed by atoms with Crippen LogP contribution < -0.4 is 15.4 Å². The van der Waals surface area contributed by atoms with E-state index in [-0.39, 0.29) is 24.3 Å². The van der Waals surface area contributed by atoms with Crippen molar-refractivity contribution in [2.75, 3.05) is 5.32 Å². The molecule has 0 bridgehead atoms. The van der Waals surface area contributed by atoms with Crippen molar-refractivity contribution in [1.82, 2.24) is 5.32 Å². The number of nitrogens with one attached hydrogen (secondary N) is 2. The van der Waals surface area contributed by atoms with Crippen LogP contribution in [0.5, 0.6) is 5.75 Å². The van der Waals surface area contributed by atoms with E-state index in [1.807, 2.05) is 45.0 Å². The highest BCUT2D eigenvalue weighted by molar-refractivity contribution is 5.92. The summed E-state index contributed by atoms with van der Waals surface area (Å²) < 4.78 is 44.6. The van der Waals surface area contributed by atoms with Crippen molar-refractivity contribution in [2.45, 2.75) is 52.1 Å². The molecule has 0 fully saturated rings. The lowest BCUT2D eigenvalue weighted by Gasteiger charge is -2.16. The predicted octanol–water partition coefficient (Wildman–Crippen LogP) is 5.00. The Morgan fingerprint density at radius 3 is 2.29 bits per heavy atom. The summed E-state index contributed by atoms with van der Waals surface area (Å²) in [7, 11) is 0. The molecule has 0 heterocycles. The first-order valence-corrected chi connectivity index (χ1v) is 9.10. The third-order valence-electron chi connectivity index (χ3n) is 3.95. The first-order chi connectivity index (χ1) is 13.1. The van der Waals surface area contributed by atoms with E-state index in [2.05, 4.69) is 10.6 Å². The van der Waals surface area contributed by atoms with Gasteiger partial charge in [0.15, 0.2) is 0 Å². The van der Waals surface area contributed by atoms with Gasteiger partial charge in [0.1, 0.15) is 5.75 Å². The van der Waals surface area contributed by atoms with Crippen LogP contribution in [0.25, 0.3) is 0 Å². The Morgan fingerprint density at radius 1 is 1.04 bits per heavy atom. The highest BCUT2D eigenvalue weighted by atomic mass is 19.4. The summed E-state index contributed by atoms with van der Waals surface area (Å²) in [6.07, 6.45) is -4.36. The molecular weight excluding hydrogens is 369 g/mol. The highest BCUT2D eigenvalue weighted by Crippen LogP contribution is 2.34. The van der Waals surface area contributed by atoms with Crippen LogP contribution in [0.1, 0.15) is 38.3 Å². The fourth-order valence-corrected chi connectivity index (χ4v) is 2.64. The van der Waals surface area contributed by atoms with Gasteiger partial charge < -0.3 is 15.4 Å². The molecule has 0 aliphatic rings. The number of carbonyl (C=O) groups excluding carboxylic acids is 1. The van der Waals surface area contributed by atoms with Crippen molar-refractivity contribution in [2.24, 2.45) is 0 Å². The molecule has 0 aliphatic carbocycles. The van der Waals surface area contributed by atoms with E-state index >= 15 is 0 Å². The van der Waals surface area contributed by atoms with Crippen molar-refractivity contribution in [3.05, 3.63) is 59.7 Å². The van der Waals surface area contributed by atoms with Gasteiger partial charge in [-0.25, -0.2) is 0 Å². The molecule has 152 valence electrons. The Labute approximate surface area is 163 Å². The van der Waals surface area contributed by atoms with E-state index in [1.54, 1.807) is 0 Å². The first-order valence-electron chi connectivity index (χ1n) is 9.10. The van der Waals surface area contributed by atoms with Crippen LogP contribution in [0.4, 0.5) is 18.9 Å². The van der Waals surface area contributed by atoms with Gasteiger partial charge in [0.25, 0.3) is 0 Å². The Kier molecular flexibility index (Phi) is 7.45. The van der Waals surface area contributed by atoms with E-state index in [9.17, 15) is 18.0 Å². The van der Waals surface area contributed by atoms with Crippen LogP contribution in [0.15, 0.2) is 48.5 Å². The van der Waals surface area contributed by atoms with Crippen LogP contribution in [0.2, 0.25) is 0 Å². The van der Waals surface area contributed by atoms with Crippen molar-refractivity contribution >= 4 is 11.6 Å². The molecule has 2 rings (SSSR count). The number of hydrogen-bond acceptors (Lipinski definition) is 3. The number of alkyl halides is 3. The predicted molar refractivity (Wildman–Crippen MR) is 103 cm³/mol. The molecule has 1 unspecified atom stereocenters. The number of hydrogen-bond donors (Lipinski definition) is 2. The zero-order valence-corrected chi connectivity index (χ0v) is 16.1. The van der Waals surface area contributed by atoms with Crippen LogP contribution >= 0.6 is 0 Å². The summed E-state index contributed by atoms with van der Waals surface area (Å²) in [5, 5.41) is 5.55. The third kappa shape index (κ3) is 6.88. The summed E-state index contributed by atoms with van der Waals surface area (Å²) >= 11 is 0. The van der Waals surface area contributed by atoms with Gasteiger partial charge in [-0.3, -0.25) is 4.79 Å². The number of amides is 1. The van der Waals surface area contributed by atoms with Crippen molar-refractivity contribution in [1.29, 1.82) is 0 Å². The fraction of sp³-hybridized carbons (Fsp3) is 0.381. The van der Waals surface area contributed by atoms with E-state index < -0.39 is 17.6 Å². The number of ether oxygens (including phenoxy) is 1. The first kappa shape index (κ1) is 21.8. The lowest BCUT2D eigenvalue weighted by molar-refractivity contribution is -0.137. The van der Waals surface area contributed by atoms with Crippen molar-refractivity contribution in [3.8, 4) is 5.75 Å². The van der Waals surface area contributed by atoms with Gasteiger partial charge in [0, 0.05) is 19.0 Å². The van der Waals surface area contributed by atoms with Crippen molar-refractivity contribution < 1.29 is 22.7 Å². The third-order valence-corrected chi connectivity index (χ3v) is 3.95. The molecule has 0 aromatic heterocycles. The average molecular weight is 394 g/mol. The van der Waals surface area contributed by atoms with Gasteiger partial charge >= 0.3 is 6.18 Å². The van der Waals surface area contributed by atoms with Gasteiger partial charge in [-0.2, -0.15) is 13.2 Å². The maximum absolute atomic E-state index is 13.0. The SMILES string of the molecule is CC(CC(=O)Nc1ccccc1C(F)(F)F)NCc1ccc(OC(C)C)cc1. The van der Waals surface area contributed by atoms with Crippen LogP contribution in [0, 0.1) is 0 Å². The molecule has 0 radical (unpaired) electrons. The van der Waals surface area contributed by atoms with E-state index in [0.29, 0.717) is 6.54 Å². The smallest absolute Gasteiger partial charge is 0.418 e. The minimum Gasteiger partial charge on any atom is -0.491 e. The Bertz CT molecular complexity index is 774. The normalized spacial score (nSPS) is 12.7. The molecule has 1 amide bonds. The summed E-state index contributed by atoms with van der Waals surface area (Å²) in [6.45, 7) is 6.26. The summed E-state index contributed by atoms with van der Waals surface area (Å²) in [5.74, 6) is 0.312. The Balaban J connectivity index is 1.85. The van der Waals surface area contributed by atoms with Crippen LogP contribution in [0.3, 0.4) is 0 Å². The molecule has 0 aliphatic heterocycles. The molecule has 4 nitrogen and oxygen atoms in total. The maximum Gasteiger partial charge on any atom is 0.418 e. The molecule has 7 heteroatoms. The molecule has 2 aromatic rings. The topological polar surface area (TPSA) is 50.4 Å². The maximum atomic E-state index is 13.0. The van der Waals surface area contributed by atoms with E-state index in [1.165, 1.54) is 18.2 Å². The van der Waals surface area contributed by atoms with Gasteiger partial charge in [-0.05, 0) is 50.6 Å². The van der Waals surface area contributed by atoms with Gasteiger partial charge in [-0.15, -0.1) is 0 Å². The van der Waals surface area contributed by atoms with Crippen LogP contribution in [-0.2, 0) is 17.5 Å². The second-order valence-electron chi connectivity index (χ2n) is 6.89. The Morgan fingerprint density at radius 2 is 1.68 bits per heavy atom. The molecule has 0 spiro atoms. The lowest BCUT2D eigenvalue weighted by atomic mass is 10.1. The molecule has 1 atom stereocenters. The van der Waals surface area contributed by atoms with Crippen LogP contribution in [-0.4, -0.2) is 18.1 Å². The van der Waals surface area contributed by atoms with Gasteiger partial charge in [0.05, 0.1) is 17.4 Å². The molecule has 0 saturated carbocycles. The number of benzene rings is 2. The summed E-state index contributed by atoms with van der Waals surface area (Å²) in [4.78, 5) is 12.1. The molecular formula is C21H25F3N2O2. The number of halogens is 3. The average Bonchev–Trinajstić information content (AvgIpc) is 2.60. The number of rotatable bonds is 8. The zero-order valence-electron chi connectivity index (χ0n) is 16.1. The molecule has 28 heavy (non-hydrogen) atoms. The standard InChI is InChI=1S/C21H25F3N2O2/c1-14(2)28-17-10-8-16(9-11-17)13-25-15(3)12-20(27)26-19-7-5-4-6-18(19)21(22,23)24/h4-11,14-15,25H,12-13H2,1-3H3,(H,26,27). The second-order valence-corrected chi connectivity index (χ2v) is 6.89. The second kappa shape index (κ2) is 9.59. The number of anilines is 1. The molecule has 2 N–H and O–H groups in total. The summed E-state index contributed by atoms with van der Waals surface area (Å²) in [5.41, 5.74) is -0.0635. The molecule has 0 saturated heterocycles.